The van der Waals surface area contributed by atoms with Crippen LogP contribution in [-0.2, 0) is 16.1 Å². The normalized spacial score (nSPS) is 17.7. The monoisotopic (exact) mass is 332 g/mol. The Hall–Kier alpha value is -1.92. The molecule has 132 valence electrons. The van der Waals surface area contributed by atoms with Gasteiger partial charge in [0, 0.05) is 18.2 Å². The molecule has 0 spiro atoms. The van der Waals surface area contributed by atoms with Crippen LogP contribution in [0.1, 0.15) is 32.3 Å². The van der Waals surface area contributed by atoms with Gasteiger partial charge in [0.15, 0.2) is 0 Å². The molecule has 1 aliphatic rings. The largest absolute Gasteiger partial charge is 0.369 e. The summed E-state index contributed by atoms with van der Waals surface area (Å²) in [6, 6.07) is 7.31. The number of likely N-dealkylation sites (tertiary alicyclic amines) is 1. The topological polar surface area (TPSA) is 101 Å². The number of primary amides is 1. The van der Waals surface area contributed by atoms with Crippen molar-refractivity contribution in [3.05, 3.63) is 29.8 Å². The minimum Gasteiger partial charge on any atom is -0.369 e. The second kappa shape index (κ2) is 8.26. The smallest absolute Gasteiger partial charge is 0.241 e. The van der Waals surface area contributed by atoms with Gasteiger partial charge in [-0.25, -0.2) is 0 Å². The van der Waals surface area contributed by atoms with E-state index in [1.165, 1.54) is 0 Å². The molecule has 0 radical (unpaired) electrons. The number of nitrogens with zero attached hydrogens (tertiary/aromatic N) is 1. The van der Waals surface area contributed by atoms with Crippen LogP contribution in [0.2, 0.25) is 0 Å². The molecule has 2 rings (SSSR count). The predicted octanol–water partition coefficient (Wildman–Crippen LogP) is 1.31. The third kappa shape index (κ3) is 5.04. The van der Waals surface area contributed by atoms with E-state index in [1.54, 1.807) is 0 Å². The van der Waals surface area contributed by atoms with Crippen molar-refractivity contribution >= 4 is 17.5 Å². The average molecular weight is 332 g/mol. The highest BCUT2D eigenvalue weighted by molar-refractivity contribution is 5.94. The first-order valence-corrected chi connectivity index (χ1v) is 8.54. The van der Waals surface area contributed by atoms with Gasteiger partial charge >= 0.3 is 0 Å². The van der Waals surface area contributed by atoms with Gasteiger partial charge in [0.1, 0.15) is 0 Å². The van der Waals surface area contributed by atoms with Gasteiger partial charge in [0.25, 0.3) is 0 Å². The SMILES string of the molecule is CC(C)[C@H](N)C(=O)Nc1cccc(CN2CCC(C(N)=O)CC2)c1. The highest BCUT2D eigenvalue weighted by Gasteiger charge is 2.23. The number of amides is 2. The maximum atomic E-state index is 12.1. The third-order valence-electron chi connectivity index (χ3n) is 4.61. The fourth-order valence-electron chi connectivity index (χ4n) is 2.91. The first kappa shape index (κ1) is 18.4. The third-order valence-corrected chi connectivity index (χ3v) is 4.61. The van der Waals surface area contributed by atoms with E-state index in [-0.39, 0.29) is 23.7 Å². The Morgan fingerprint density at radius 3 is 2.54 bits per heavy atom. The van der Waals surface area contributed by atoms with E-state index in [4.69, 9.17) is 11.5 Å². The molecule has 1 atom stereocenters. The number of hydrogen-bond acceptors (Lipinski definition) is 4. The summed E-state index contributed by atoms with van der Waals surface area (Å²) >= 11 is 0. The number of benzene rings is 1. The van der Waals surface area contributed by atoms with Gasteiger partial charge in [-0.05, 0) is 49.5 Å². The Bertz CT molecular complexity index is 580. The van der Waals surface area contributed by atoms with E-state index in [2.05, 4.69) is 10.2 Å². The summed E-state index contributed by atoms with van der Waals surface area (Å²) in [5.41, 5.74) is 13.1. The van der Waals surface area contributed by atoms with Crippen molar-refractivity contribution in [2.24, 2.45) is 23.3 Å². The molecule has 0 bridgehead atoms. The molecule has 5 N–H and O–H groups in total. The number of nitrogens with one attached hydrogen (secondary N) is 1. The number of hydrogen-bond donors (Lipinski definition) is 3. The zero-order valence-electron chi connectivity index (χ0n) is 14.5. The summed E-state index contributed by atoms with van der Waals surface area (Å²) in [5.74, 6) is -0.255. The molecule has 1 aromatic carbocycles. The molecule has 1 saturated heterocycles. The molecule has 24 heavy (non-hydrogen) atoms. The van der Waals surface area contributed by atoms with Crippen molar-refractivity contribution < 1.29 is 9.59 Å². The number of anilines is 1. The Kier molecular flexibility index (Phi) is 6.34. The number of piperidine rings is 1. The van der Waals surface area contributed by atoms with Crippen LogP contribution in [0, 0.1) is 11.8 Å². The van der Waals surface area contributed by atoms with Crippen LogP contribution >= 0.6 is 0 Å². The highest BCUT2D eigenvalue weighted by Crippen LogP contribution is 2.20. The minimum atomic E-state index is -0.513. The molecule has 1 aromatic rings. The Labute approximate surface area is 143 Å². The number of rotatable bonds is 6. The van der Waals surface area contributed by atoms with Crippen molar-refractivity contribution in [3.8, 4) is 0 Å². The molecule has 1 heterocycles. The van der Waals surface area contributed by atoms with Crippen LogP contribution in [0.5, 0.6) is 0 Å². The van der Waals surface area contributed by atoms with Crippen LogP contribution in [-0.4, -0.2) is 35.8 Å². The summed E-state index contributed by atoms with van der Waals surface area (Å²) in [4.78, 5) is 25.6. The molecule has 0 aromatic heterocycles. The summed E-state index contributed by atoms with van der Waals surface area (Å²) < 4.78 is 0. The molecule has 6 heteroatoms. The van der Waals surface area contributed by atoms with E-state index in [9.17, 15) is 9.59 Å². The highest BCUT2D eigenvalue weighted by atomic mass is 16.2. The van der Waals surface area contributed by atoms with Crippen molar-refractivity contribution in [2.45, 2.75) is 39.3 Å². The van der Waals surface area contributed by atoms with Gasteiger partial charge in [0.2, 0.25) is 11.8 Å². The van der Waals surface area contributed by atoms with Crippen LogP contribution in [0.4, 0.5) is 5.69 Å². The molecule has 6 nitrogen and oxygen atoms in total. The van der Waals surface area contributed by atoms with Crippen molar-refractivity contribution in [3.63, 3.8) is 0 Å². The molecule has 1 fully saturated rings. The Morgan fingerprint density at radius 1 is 1.29 bits per heavy atom. The lowest BCUT2D eigenvalue weighted by Gasteiger charge is -2.30. The number of carbonyl (C=O) groups excluding carboxylic acids is 2. The zero-order chi connectivity index (χ0) is 17.7. The summed E-state index contributed by atoms with van der Waals surface area (Å²) in [5, 5.41) is 2.88. The lowest BCUT2D eigenvalue weighted by molar-refractivity contribution is -0.123. The van der Waals surface area contributed by atoms with Gasteiger partial charge in [-0.3, -0.25) is 14.5 Å². The van der Waals surface area contributed by atoms with E-state index in [0.29, 0.717) is 0 Å². The molecular formula is C18H28N4O2. The first-order valence-electron chi connectivity index (χ1n) is 8.54. The molecule has 1 aliphatic heterocycles. The lowest BCUT2D eigenvalue weighted by atomic mass is 9.96. The quantitative estimate of drug-likeness (QED) is 0.731. The van der Waals surface area contributed by atoms with E-state index < -0.39 is 6.04 Å². The van der Waals surface area contributed by atoms with Crippen molar-refractivity contribution in [1.82, 2.24) is 4.90 Å². The summed E-state index contributed by atoms with van der Waals surface area (Å²) in [7, 11) is 0. The minimum absolute atomic E-state index is 0.00407. The Balaban J connectivity index is 1.91. The maximum absolute atomic E-state index is 12.1. The molecule has 0 saturated carbocycles. The number of carbonyl (C=O) groups is 2. The van der Waals surface area contributed by atoms with Gasteiger partial charge in [-0.15, -0.1) is 0 Å². The first-order chi connectivity index (χ1) is 11.4. The molecule has 2 amide bonds. The number of nitrogens with two attached hydrogens (primary N) is 2. The van der Waals surface area contributed by atoms with Crippen molar-refractivity contribution in [1.29, 1.82) is 0 Å². The zero-order valence-corrected chi connectivity index (χ0v) is 14.5. The van der Waals surface area contributed by atoms with Crippen LogP contribution in [0.15, 0.2) is 24.3 Å². The second-order valence-electron chi connectivity index (χ2n) is 6.91. The molecule has 0 aliphatic carbocycles. The lowest BCUT2D eigenvalue weighted by Crippen LogP contribution is -2.39. The van der Waals surface area contributed by atoms with E-state index in [0.717, 1.165) is 43.7 Å². The molecule has 0 unspecified atom stereocenters. The maximum Gasteiger partial charge on any atom is 0.241 e. The van der Waals surface area contributed by atoms with Gasteiger partial charge in [-0.2, -0.15) is 0 Å². The fraction of sp³-hybridized carbons (Fsp3) is 0.556. The van der Waals surface area contributed by atoms with Crippen molar-refractivity contribution in [2.75, 3.05) is 18.4 Å². The van der Waals surface area contributed by atoms with Crippen LogP contribution < -0.4 is 16.8 Å². The fourth-order valence-corrected chi connectivity index (χ4v) is 2.91. The summed E-state index contributed by atoms with van der Waals surface area (Å²) in [6.45, 7) is 6.38. The van der Waals surface area contributed by atoms with E-state index >= 15 is 0 Å². The summed E-state index contributed by atoms with van der Waals surface area (Å²) in [6.07, 6.45) is 1.63. The Morgan fingerprint density at radius 2 is 1.96 bits per heavy atom. The van der Waals surface area contributed by atoms with Crippen LogP contribution in [0.25, 0.3) is 0 Å². The van der Waals surface area contributed by atoms with Crippen LogP contribution in [0.3, 0.4) is 0 Å². The standard InChI is InChI=1S/C18H28N4O2/c1-12(2)16(19)18(24)21-15-5-3-4-13(10-15)11-22-8-6-14(7-9-22)17(20)23/h3-5,10,12,14,16H,6-9,11,19H2,1-2H3,(H2,20,23)(H,21,24)/t16-/m0/s1. The predicted molar refractivity (Wildman–Crippen MR) is 95.1 cm³/mol. The average Bonchev–Trinajstić information content (AvgIpc) is 2.54. The van der Waals surface area contributed by atoms with E-state index in [1.807, 2.05) is 38.1 Å². The molecular weight excluding hydrogens is 304 g/mol. The van der Waals surface area contributed by atoms with Gasteiger partial charge in [0.05, 0.1) is 6.04 Å². The second-order valence-corrected chi connectivity index (χ2v) is 6.91. The van der Waals surface area contributed by atoms with Gasteiger partial charge in [-0.1, -0.05) is 26.0 Å². The van der Waals surface area contributed by atoms with Gasteiger partial charge < -0.3 is 16.8 Å².